The minimum atomic E-state index is -2.23. The van der Waals surface area contributed by atoms with Crippen LogP contribution in [0, 0.1) is 5.92 Å². The number of benzene rings is 1. The standard InChI is InChI=1S/C15H20O3/c1-18-14(16)15(17,12-8-4-2-5-9-12)13-10-6-3-7-11-13/h2,4-5,8-9,13,17H,3,6-7,10-11H2,1H3/i2D,4D,5D,8D,9D. The Morgan fingerprint density at radius 3 is 2.50 bits per heavy atom. The summed E-state index contributed by atoms with van der Waals surface area (Å²) in [5, 5.41) is 11.1. The molecule has 1 aliphatic carbocycles. The third-order valence-corrected chi connectivity index (χ3v) is 3.57. The topological polar surface area (TPSA) is 46.5 Å². The Morgan fingerprint density at radius 2 is 1.94 bits per heavy atom. The lowest BCUT2D eigenvalue weighted by atomic mass is 9.73. The average molecular weight is 253 g/mol. The first-order valence-electron chi connectivity index (χ1n) is 8.65. The number of hydrogen-bond donors (Lipinski definition) is 1. The van der Waals surface area contributed by atoms with E-state index in [0.717, 1.165) is 26.4 Å². The molecule has 0 aliphatic heterocycles. The second-order valence-electron chi connectivity index (χ2n) is 4.59. The van der Waals surface area contributed by atoms with Crippen LogP contribution in [0.3, 0.4) is 0 Å². The van der Waals surface area contributed by atoms with E-state index in [1.807, 2.05) is 0 Å². The van der Waals surface area contributed by atoms with Crippen LogP contribution in [0.5, 0.6) is 0 Å². The summed E-state index contributed by atoms with van der Waals surface area (Å²) in [6.07, 6.45) is 3.67. The normalized spacial score (nSPS) is 24.0. The summed E-state index contributed by atoms with van der Waals surface area (Å²) in [5.74, 6) is -1.52. The fraction of sp³-hybridized carbons (Fsp3) is 0.533. The number of aliphatic hydroxyl groups is 1. The molecule has 18 heavy (non-hydrogen) atoms. The van der Waals surface area contributed by atoms with Crippen LogP contribution in [0.2, 0.25) is 0 Å². The largest absolute Gasteiger partial charge is 0.467 e. The smallest absolute Gasteiger partial charge is 0.342 e. The van der Waals surface area contributed by atoms with Gasteiger partial charge in [-0.2, -0.15) is 0 Å². The van der Waals surface area contributed by atoms with E-state index in [0.29, 0.717) is 12.8 Å². The second kappa shape index (κ2) is 5.53. The third kappa shape index (κ3) is 2.27. The predicted molar refractivity (Wildman–Crippen MR) is 68.9 cm³/mol. The molecular formula is C15H20O3. The molecule has 0 spiro atoms. The van der Waals surface area contributed by atoms with Crippen LogP contribution < -0.4 is 0 Å². The van der Waals surface area contributed by atoms with Crippen molar-refractivity contribution in [3.05, 3.63) is 35.8 Å². The number of ether oxygens (including phenoxy) is 1. The monoisotopic (exact) mass is 253 g/mol. The van der Waals surface area contributed by atoms with Gasteiger partial charge in [0.05, 0.1) is 14.0 Å². The van der Waals surface area contributed by atoms with Crippen LogP contribution in [-0.2, 0) is 15.1 Å². The van der Waals surface area contributed by atoms with Gasteiger partial charge in [0.25, 0.3) is 0 Å². The predicted octanol–water partition coefficient (Wildman–Crippen LogP) is 2.63. The number of esters is 1. The lowest BCUT2D eigenvalue weighted by Crippen LogP contribution is -2.44. The van der Waals surface area contributed by atoms with Crippen molar-refractivity contribution in [1.82, 2.24) is 0 Å². The van der Waals surface area contributed by atoms with E-state index in [1.165, 1.54) is 0 Å². The van der Waals surface area contributed by atoms with Gasteiger partial charge in [0, 0.05) is 5.92 Å². The fourth-order valence-corrected chi connectivity index (χ4v) is 2.59. The summed E-state index contributed by atoms with van der Waals surface area (Å²) < 4.78 is 44.0. The summed E-state index contributed by atoms with van der Waals surface area (Å²) in [6, 6.07) is -2.82. The van der Waals surface area contributed by atoms with Crippen LogP contribution in [0.25, 0.3) is 0 Å². The number of methoxy groups -OCH3 is 1. The van der Waals surface area contributed by atoms with Gasteiger partial charge in [-0.1, -0.05) is 49.5 Å². The lowest BCUT2D eigenvalue weighted by molar-refractivity contribution is -0.172. The quantitative estimate of drug-likeness (QED) is 0.842. The Labute approximate surface area is 115 Å². The molecule has 0 heterocycles. The molecule has 3 nitrogen and oxygen atoms in total. The molecule has 1 unspecified atom stereocenters. The highest BCUT2D eigenvalue weighted by Gasteiger charge is 2.46. The first-order chi connectivity index (χ1) is 10.8. The van der Waals surface area contributed by atoms with Crippen molar-refractivity contribution in [3.63, 3.8) is 0 Å². The van der Waals surface area contributed by atoms with Crippen molar-refractivity contribution >= 4 is 5.97 Å². The molecule has 1 N–H and O–H groups in total. The van der Waals surface area contributed by atoms with E-state index in [4.69, 9.17) is 11.6 Å². The van der Waals surface area contributed by atoms with Gasteiger partial charge < -0.3 is 9.84 Å². The fourth-order valence-electron chi connectivity index (χ4n) is 2.59. The number of rotatable bonds is 3. The van der Waals surface area contributed by atoms with Crippen LogP contribution in [0.1, 0.15) is 44.5 Å². The second-order valence-corrected chi connectivity index (χ2v) is 4.59. The highest BCUT2D eigenvalue weighted by molar-refractivity contribution is 5.81. The third-order valence-electron chi connectivity index (χ3n) is 3.57. The molecule has 98 valence electrons. The van der Waals surface area contributed by atoms with Crippen molar-refractivity contribution in [3.8, 4) is 0 Å². The maximum atomic E-state index is 12.3. The van der Waals surface area contributed by atoms with E-state index in [2.05, 4.69) is 0 Å². The average Bonchev–Trinajstić information content (AvgIpc) is 2.58. The lowest BCUT2D eigenvalue weighted by Gasteiger charge is -2.36. The van der Waals surface area contributed by atoms with Crippen molar-refractivity contribution in [2.24, 2.45) is 5.92 Å². The zero-order valence-corrected chi connectivity index (χ0v) is 10.4. The molecule has 1 aromatic rings. The summed E-state index contributed by atoms with van der Waals surface area (Å²) in [7, 11) is 1.12. The molecule has 0 amide bonds. The molecule has 0 bridgehead atoms. The molecule has 0 aromatic heterocycles. The number of carbonyl (C=O) groups excluding carboxylic acids is 1. The van der Waals surface area contributed by atoms with Crippen LogP contribution in [0.4, 0.5) is 0 Å². The van der Waals surface area contributed by atoms with Gasteiger partial charge in [-0.25, -0.2) is 4.79 Å². The molecule has 1 saturated carbocycles. The number of carbonyl (C=O) groups is 1. The van der Waals surface area contributed by atoms with Gasteiger partial charge >= 0.3 is 5.97 Å². The van der Waals surface area contributed by atoms with Gasteiger partial charge in [-0.3, -0.25) is 0 Å². The Kier molecular flexibility index (Phi) is 2.44. The molecule has 0 saturated heterocycles. The minimum Gasteiger partial charge on any atom is -0.467 e. The zero-order chi connectivity index (χ0) is 17.4. The minimum absolute atomic E-state index is 0.387. The molecule has 1 aliphatic rings. The first kappa shape index (κ1) is 7.95. The van der Waals surface area contributed by atoms with Crippen molar-refractivity contribution in [1.29, 1.82) is 0 Å². The molecule has 1 fully saturated rings. The number of hydrogen-bond acceptors (Lipinski definition) is 3. The molecule has 1 aromatic carbocycles. The van der Waals surface area contributed by atoms with Gasteiger partial charge in [0.15, 0.2) is 5.60 Å². The maximum Gasteiger partial charge on any atom is 0.342 e. The van der Waals surface area contributed by atoms with Crippen LogP contribution >= 0.6 is 0 Å². The molecule has 1 atom stereocenters. The summed E-state index contributed by atoms with van der Waals surface area (Å²) >= 11 is 0. The van der Waals surface area contributed by atoms with Crippen molar-refractivity contribution in [2.75, 3.05) is 7.11 Å². The summed E-state index contributed by atoms with van der Waals surface area (Å²) in [4.78, 5) is 12.3. The Bertz CT molecular complexity index is 599. The first-order valence-corrected chi connectivity index (χ1v) is 6.15. The van der Waals surface area contributed by atoms with Crippen LogP contribution in [-0.4, -0.2) is 18.2 Å². The van der Waals surface area contributed by atoms with Gasteiger partial charge in [-0.05, 0) is 18.4 Å². The summed E-state index contributed by atoms with van der Waals surface area (Å²) in [5.41, 5.74) is -2.62. The van der Waals surface area contributed by atoms with Crippen molar-refractivity contribution in [2.45, 2.75) is 37.7 Å². The van der Waals surface area contributed by atoms with Gasteiger partial charge in [-0.15, -0.1) is 0 Å². The van der Waals surface area contributed by atoms with E-state index < -0.39 is 47.7 Å². The van der Waals surface area contributed by atoms with E-state index >= 15 is 0 Å². The molecular weight excluding hydrogens is 228 g/mol. The Morgan fingerprint density at radius 1 is 1.33 bits per heavy atom. The molecule has 0 radical (unpaired) electrons. The van der Waals surface area contributed by atoms with Crippen molar-refractivity contribution < 1.29 is 21.5 Å². The Balaban J connectivity index is 2.72. The molecule has 3 heteroatoms. The Hall–Kier alpha value is -1.35. The SMILES string of the molecule is [2H]c1c([2H])c([2H])c(C(O)(C(=O)OC)C2CCCCC2)c([2H])c1[2H]. The highest BCUT2D eigenvalue weighted by Crippen LogP contribution is 2.40. The van der Waals surface area contributed by atoms with Gasteiger partial charge in [0.1, 0.15) is 0 Å². The summed E-state index contributed by atoms with van der Waals surface area (Å²) in [6.45, 7) is 0. The van der Waals surface area contributed by atoms with E-state index in [1.54, 1.807) is 0 Å². The van der Waals surface area contributed by atoms with E-state index in [9.17, 15) is 9.90 Å². The molecule has 2 rings (SSSR count). The van der Waals surface area contributed by atoms with E-state index in [-0.39, 0.29) is 5.56 Å². The van der Waals surface area contributed by atoms with Crippen LogP contribution in [0.15, 0.2) is 30.2 Å². The maximum absolute atomic E-state index is 12.3. The highest BCUT2D eigenvalue weighted by atomic mass is 16.5. The zero-order valence-electron chi connectivity index (χ0n) is 15.4. The van der Waals surface area contributed by atoms with Gasteiger partial charge in [0.2, 0.25) is 0 Å².